The fourth-order valence-corrected chi connectivity index (χ4v) is 15.2. The van der Waals surface area contributed by atoms with Crippen LogP contribution in [-0.4, -0.2) is 36.2 Å². The molecule has 0 unspecified atom stereocenters. The second-order valence-corrected chi connectivity index (χ2v) is 21.7. The summed E-state index contributed by atoms with van der Waals surface area (Å²) in [7, 11) is 0. The highest BCUT2D eigenvalue weighted by atomic mass is 16.5. The molecule has 5 nitrogen and oxygen atoms in total. The third-order valence-corrected chi connectivity index (χ3v) is 17.9. The highest BCUT2D eigenvalue weighted by molar-refractivity contribution is 5.73. The first-order valence-electron chi connectivity index (χ1n) is 21.8. The summed E-state index contributed by atoms with van der Waals surface area (Å²) < 4.78 is 6.32. The SMILES string of the molecule is C=C(C)[C@@H]1CC[C@]2(Cc3ccc(N4CCCCC4)cc3)CC[C@]3(C)[C@H](CC[C@@H]4[C@@]5(C)CC[C@H](OC(=O)CC(C)(C)CC(=O)O)C(C)(C)[C@@H]5CC[C@]43C)[C@@H]12. The molecule has 0 aromatic heterocycles. The van der Waals surface area contributed by atoms with E-state index >= 15 is 0 Å². The van der Waals surface area contributed by atoms with E-state index in [9.17, 15) is 14.7 Å². The Balaban J connectivity index is 1.11. The Bertz CT molecular complexity index is 1560. The zero-order valence-electron chi connectivity index (χ0n) is 34.8. The van der Waals surface area contributed by atoms with Crippen molar-refractivity contribution in [3.63, 3.8) is 0 Å². The summed E-state index contributed by atoms with van der Waals surface area (Å²) in [6.07, 6.45) is 17.7. The van der Waals surface area contributed by atoms with Crippen molar-refractivity contribution in [2.24, 2.45) is 62.1 Å². The van der Waals surface area contributed by atoms with Gasteiger partial charge in [0.1, 0.15) is 6.10 Å². The predicted molar refractivity (Wildman–Crippen MR) is 216 cm³/mol. The van der Waals surface area contributed by atoms with E-state index in [1.54, 1.807) is 5.56 Å². The number of carbonyl (C=O) groups excluding carboxylic acids is 1. The minimum absolute atomic E-state index is 0.0298. The largest absolute Gasteiger partial charge is 0.481 e. The van der Waals surface area contributed by atoms with Crippen molar-refractivity contribution in [2.75, 3.05) is 18.0 Å². The maximum atomic E-state index is 13.3. The van der Waals surface area contributed by atoms with Crippen molar-refractivity contribution in [3.8, 4) is 0 Å². The van der Waals surface area contributed by atoms with Crippen LogP contribution in [0, 0.1) is 62.1 Å². The number of aliphatic carboxylic acids is 1. The van der Waals surface area contributed by atoms with E-state index in [-0.39, 0.29) is 41.2 Å². The number of carboxylic acid groups (broad SMARTS) is 1. The van der Waals surface area contributed by atoms with E-state index in [2.05, 4.69) is 77.3 Å². The van der Waals surface area contributed by atoms with Gasteiger partial charge in [-0.2, -0.15) is 0 Å². The number of benzene rings is 1. The Kier molecular flexibility index (Phi) is 10.1. The lowest BCUT2D eigenvalue weighted by atomic mass is 9.32. The summed E-state index contributed by atoms with van der Waals surface area (Å²) in [6, 6.07) is 9.80. The lowest BCUT2D eigenvalue weighted by Crippen LogP contribution is -2.67. The number of carbonyl (C=O) groups is 2. The number of hydrogen-bond acceptors (Lipinski definition) is 4. The number of carboxylic acids is 1. The van der Waals surface area contributed by atoms with Gasteiger partial charge in [-0.15, -0.1) is 0 Å². The molecule has 7 rings (SSSR count). The number of ether oxygens (including phenoxy) is 1. The molecule has 0 amide bonds. The van der Waals surface area contributed by atoms with Crippen LogP contribution >= 0.6 is 0 Å². The average Bonchev–Trinajstić information content (AvgIpc) is 3.46. The monoisotopic (exact) mass is 728 g/mol. The minimum atomic E-state index is -0.866. The average molecular weight is 728 g/mol. The summed E-state index contributed by atoms with van der Waals surface area (Å²) in [5.74, 6) is 2.13. The number of anilines is 1. The molecule has 1 N–H and O–H groups in total. The predicted octanol–water partition coefficient (Wildman–Crippen LogP) is 11.7. The highest BCUT2D eigenvalue weighted by Crippen LogP contribution is 2.78. The zero-order chi connectivity index (χ0) is 38.2. The third kappa shape index (κ3) is 6.52. The Morgan fingerprint density at radius 3 is 2.19 bits per heavy atom. The molecule has 53 heavy (non-hydrogen) atoms. The number of esters is 1. The number of nitrogens with zero attached hydrogens (tertiary/aromatic N) is 1. The summed E-state index contributed by atoms with van der Waals surface area (Å²) in [4.78, 5) is 27.3. The van der Waals surface area contributed by atoms with Crippen LogP contribution in [0.15, 0.2) is 36.4 Å². The summed E-state index contributed by atoms with van der Waals surface area (Å²) in [5.41, 5.74) is 4.80. The van der Waals surface area contributed by atoms with Crippen molar-refractivity contribution in [3.05, 3.63) is 42.0 Å². The molecule has 1 aromatic rings. The van der Waals surface area contributed by atoms with Crippen LogP contribution in [-0.2, 0) is 20.7 Å². The number of rotatable bonds is 9. The molecule has 1 aliphatic heterocycles. The molecule has 294 valence electrons. The van der Waals surface area contributed by atoms with Gasteiger partial charge < -0.3 is 14.7 Å². The standard InChI is InChI=1S/C48H73NO4/c1-32(2)35-19-24-48(29-33-13-15-34(16-14-33)49-27-11-10-12-28-49)26-25-46(8)36(42(35)48)17-18-38-45(7)22-21-39(44(5,6)37(45)20-23-47(38,46)9)53-41(52)31-43(3,4)30-40(50)51/h13-16,35-39,42H,1,10-12,17-31H2,2-9H3,(H,50,51)/t35-,36+,37-,38+,39-,42+,45-,46+,47+,48+/m0/s1. The molecular formula is C48H73NO4. The van der Waals surface area contributed by atoms with Crippen LogP contribution in [0.5, 0.6) is 0 Å². The molecular weight excluding hydrogens is 655 g/mol. The Hall–Kier alpha value is -2.30. The van der Waals surface area contributed by atoms with Crippen molar-refractivity contribution in [1.29, 1.82) is 0 Å². The minimum Gasteiger partial charge on any atom is -0.481 e. The van der Waals surface area contributed by atoms with E-state index in [0.29, 0.717) is 34.5 Å². The Morgan fingerprint density at radius 2 is 1.53 bits per heavy atom. The molecule has 0 radical (unpaired) electrons. The number of hydrogen-bond donors (Lipinski definition) is 1. The molecule has 0 spiro atoms. The van der Waals surface area contributed by atoms with E-state index in [4.69, 9.17) is 4.74 Å². The highest BCUT2D eigenvalue weighted by Gasteiger charge is 2.71. The molecule has 6 aliphatic rings. The molecule has 10 atom stereocenters. The zero-order valence-corrected chi connectivity index (χ0v) is 34.8. The van der Waals surface area contributed by atoms with Gasteiger partial charge in [0, 0.05) is 24.2 Å². The molecule has 5 heteroatoms. The van der Waals surface area contributed by atoms with Gasteiger partial charge in [0.15, 0.2) is 0 Å². The first-order valence-corrected chi connectivity index (χ1v) is 21.8. The van der Waals surface area contributed by atoms with Crippen LogP contribution in [0.25, 0.3) is 0 Å². The molecule has 1 heterocycles. The van der Waals surface area contributed by atoms with Gasteiger partial charge in [0.25, 0.3) is 0 Å². The smallest absolute Gasteiger partial charge is 0.306 e. The van der Waals surface area contributed by atoms with Gasteiger partial charge in [0.2, 0.25) is 0 Å². The van der Waals surface area contributed by atoms with E-state index in [1.165, 1.54) is 101 Å². The van der Waals surface area contributed by atoms with Gasteiger partial charge in [0.05, 0.1) is 12.8 Å². The normalized spacial score (nSPS) is 40.6. The third-order valence-electron chi connectivity index (χ3n) is 17.9. The summed E-state index contributed by atoms with van der Waals surface area (Å²) >= 11 is 0. The molecule has 1 saturated heterocycles. The number of fused-ring (bicyclic) bond motifs is 7. The van der Waals surface area contributed by atoms with Gasteiger partial charge in [-0.1, -0.05) is 72.8 Å². The molecule has 1 aromatic carbocycles. The van der Waals surface area contributed by atoms with E-state index in [1.807, 2.05) is 13.8 Å². The quantitative estimate of drug-likeness (QED) is 0.203. The van der Waals surface area contributed by atoms with Crippen molar-refractivity contribution < 1.29 is 19.4 Å². The number of allylic oxidation sites excluding steroid dienone is 1. The van der Waals surface area contributed by atoms with Crippen LogP contribution in [0.2, 0.25) is 0 Å². The second kappa shape index (κ2) is 13.7. The van der Waals surface area contributed by atoms with Gasteiger partial charge in [-0.3, -0.25) is 9.59 Å². The first-order chi connectivity index (χ1) is 24.9. The topological polar surface area (TPSA) is 66.8 Å². The van der Waals surface area contributed by atoms with Crippen molar-refractivity contribution >= 4 is 17.6 Å². The molecule has 0 bridgehead atoms. The van der Waals surface area contributed by atoms with Crippen LogP contribution in [0.4, 0.5) is 5.69 Å². The van der Waals surface area contributed by atoms with Gasteiger partial charge >= 0.3 is 11.9 Å². The second-order valence-electron chi connectivity index (χ2n) is 21.7. The number of piperidine rings is 1. The van der Waals surface area contributed by atoms with Crippen molar-refractivity contribution in [1.82, 2.24) is 0 Å². The van der Waals surface area contributed by atoms with Crippen LogP contribution < -0.4 is 4.90 Å². The van der Waals surface area contributed by atoms with Gasteiger partial charge in [-0.25, -0.2) is 0 Å². The Labute approximate surface area is 322 Å². The fourth-order valence-electron chi connectivity index (χ4n) is 15.2. The summed E-state index contributed by atoms with van der Waals surface area (Å²) in [6.45, 7) is 26.0. The Morgan fingerprint density at radius 1 is 0.830 bits per heavy atom. The van der Waals surface area contributed by atoms with Crippen LogP contribution in [0.3, 0.4) is 0 Å². The van der Waals surface area contributed by atoms with Crippen molar-refractivity contribution in [2.45, 2.75) is 164 Å². The lowest BCUT2D eigenvalue weighted by Gasteiger charge is -2.73. The maximum Gasteiger partial charge on any atom is 0.306 e. The maximum absolute atomic E-state index is 13.3. The first kappa shape index (κ1) is 39.0. The summed E-state index contributed by atoms with van der Waals surface area (Å²) in [5, 5.41) is 9.37. The van der Waals surface area contributed by atoms with E-state index in [0.717, 1.165) is 18.8 Å². The van der Waals surface area contributed by atoms with Gasteiger partial charge in [-0.05, 0) is 171 Å². The lowest BCUT2D eigenvalue weighted by molar-refractivity contribution is -0.250. The molecule has 6 fully saturated rings. The molecule has 5 aliphatic carbocycles. The van der Waals surface area contributed by atoms with Crippen LogP contribution in [0.1, 0.15) is 157 Å². The fraction of sp³-hybridized carbons (Fsp3) is 0.792. The molecule has 5 saturated carbocycles. The van der Waals surface area contributed by atoms with E-state index < -0.39 is 11.4 Å².